The number of para-hydroxylation sites is 1. The summed E-state index contributed by atoms with van der Waals surface area (Å²) in [4.78, 5) is -0.567. The van der Waals surface area contributed by atoms with E-state index in [-0.39, 0.29) is 6.54 Å². The van der Waals surface area contributed by atoms with Crippen molar-refractivity contribution in [3.05, 3.63) is 47.9 Å². The molecule has 0 aliphatic rings. The number of nitrogens with zero attached hydrogens (tertiary/aromatic N) is 1. The summed E-state index contributed by atoms with van der Waals surface area (Å²) >= 11 is 0. The molecular formula is C14H14F3NO4S. The summed E-state index contributed by atoms with van der Waals surface area (Å²) in [5.41, 5.74) is 0. The molecular weight excluding hydrogens is 335 g/mol. The van der Waals surface area contributed by atoms with Gasteiger partial charge in [-0.15, -0.1) is 13.2 Å². The third kappa shape index (κ3) is 4.26. The maximum atomic E-state index is 12.5. The van der Waals surface area contributed by atoms with E-state index >= 15 is 0 Å². The van der Waals surface area contributed by atoms with Crippen molar-refractivity contribution in [2.24, 2.45) is 0 Å². The molecule has 9 heteroatoms. The van der Waals surface area contributed by atoms with E-state index < -0.39 is 27.0 Å². The first-order valence-electron chi connectivity index (χ1n) is 6.46. The van der Waals surface area contributed by atoms with Crippen LogP contribution in [-0.4, -0.2) is 26.1 Å². The van der Waals surface area contributed by atoms with Crippen molar-refractivity contribution in [2.45, 2.75) is 24.7 Å². The van der Waals surface area contributed by atoms with Gasteiger partial charge in [-0.05, 0) is 31.2 Å². The lowest BCUT2D eigenvalue weighted by molar-refractivity contribution is -0.275. The van der Waals surface area contributed by atoms with E-state index in [0.717, 1.165) is 16.4 Å². The first kappa shape index (κ1) is 17.4. The van der Waals surface area contributed by atoms with Gasteiger partial charge in [-0.2, -0.15) is 4.31 Å². The molecule has 0 aliphatic carbocycles. The second-order valence-electron chi connectivity index (χ2n) is 4.77. The summed E-state index contributed by atoms with van der Waals surface area (Å²) in [6, 6.07) is 7.85. The van der Waals surface area contributed by atoms with Gasteiger partial charge in [0.15, 0.2) is 0 Å². The average Bonchev–Trinajstić information content (AvgIpc) is 2.82. The lowest BCUT2D eigenvalue weighted by atomic mass is 10.3. The number of rotatable bonds is 5. The highest BCUT2D eigenvalue weighted by atomic mass is 32.2. The third-order valence-electron chi connectivity index (χ3n) is 2.94. The van der Waals surface area contributed by atoms with Crippen molar-refractivity contribution in [1.82, 2.24) is 4.31 Å². The zero-order valence-electron chi connectivity index (χ0n) is 12.3. The minimum Gasteiger partial charge on any atom is -0.465 e. The molecule has 0 amide bonds. The number of alkyl halides is 3. The van der Waals surface area contributed by atoms with E-state index in [1.54, 1.807) is 19.1 Å². The SMILES string of the molecule is Cc1ccc(CN(C)S(=O)(=O)c2ccccc2OC(F)(F)F)o1. The second kappa shape index (κ2) is 6.25. The lowest BCUT2D eigenvalue weighted by Gasteiger charge is -2.19. The van der Waals surface area contributed by atoms with E-state index in [9.17, 15) is 21.6 Å². The van der Waals surface area contributed by atoms with Gasteiger partial charge in [0.1, 0.15) is 22.2 Å². The standard InChI is InChI=1S/C14H14F3NO4S/c1-10-7-8-11(21-10)9-18(2)23(19,20)13-6-4-3-5-12(13)22-14(15,16)17/h3-8H,9H2,1-2H3. The maximum Gasteiger partial charge on any atom is 0.573 e. The number of ether oxygens (including phenoxy) is 1. The van der Waals surface area contributed by atoms with Gasteiger partial charge in [0, 0.05) is 7.05 Å². The predicted molar refractivity (Wildman–Crippen MR) is 75.2 cm³/mol. The van der Waals surface area contributed by atoms with Crippen molar-refractivity contribution >= 4 is 10.0 Å². The lowest BCUT2D eigenvalue weighted by Crippen LogP contribution is -2.28. The predicted octanol–water partition coefficient (Wildman–Crippen LogP) is 3.31. The molecule has 0 fully saturated rings. The molecule has 0 bridgehead atoms. The fraction of sp³-hybridized carbons (Fsp3) is 0.286. The first-order valence-corrected chi connectivity index (χ1v) is 7.90. The quantitative estimate of drug-likeness (QED) is 0.831. The van der Waals surface area contributed by atoms with Crippen molar-refractivity contribution in [1.29, 1.82) is 0 Å². The van der Waals surface area contributed by atoms with Gasteiger partial charge >= 0.3 is 6.36 Å². The Kier molecular flexibility index (Phi) is 4.71. The largest absolute Gasteiger partial charge is 0.573 e. The van der Waals surface area contributed by atoms with Crippen LogP contribution in [0.5, 0.6) is 5.75 Å². The Morgan fingerprint density at radius 1 is 1.17 bits per heavy atom. The summed E-state index contributed by atoms with van der Waals surface area (Å²) in [6.45, 7) is 1.58. The van der Waals surface area contributed by atoms with Gasteiger partial charge in [0.25, 0.3) is 0 Å². The molecule has 126 valence electrons. The minimum atomic E-state index is -4.98. The Labute approximate surface area is 131 Å². The molecule has 2 aromatic rings. The molecule has 2 rings (SSSR count). The van der Waals surface area contributed by atoms with Crippen LogP contribution in [0.2, 0.25) is 0 Å². The van der Waals surface area contributed by atoms with Crippen molar-refractivity contribution in [2.75, 3.05) is 7.05 Å². The Balaban J connectivity index is 2.32. The molecule has 5 nitrogen and oxygen atoms in total. The zero-order valence-corrected chi connectivity index (χ0v) is 13.1. The molecule has 1 aromatic heterocycles. The number of sulfonamides is 1. The van der Waals surface area contributed by atoms with Gasteiger partial charge in [0.2, 0.25) is 10.0 Å². The van der Waals surface area contributed by atoms with E-state index in [4.69, 9.17) is 4.42 Å². The zero-order chi connectivity index (χ0) is 17.3. The Morgan fingerprint density at radius 2 is 1.83 bits per heavy atom. The molecule has 0 N–H and O–H groups in total. The van der Waals surface area contributed by atoms with Gasteiger partial charge in [-0.3, -0.25) is 0 Å². The van der Waals surface area contributed by atoms with E-state index in [0.29, 0.717) is 11.5 Å². The van der Waals surface area contributed by atoms with Crippen molar-refractivity contribution in [3.8, 4) is 5.75 Å². The maximum absolute atomic E-state index is 12.5. The van der Waals surface area contributed by atoms with Gasteiger partial charge in [-0.1, -0.05) is 12.1 Å². The molecule has 0 saturated carbocycles. The van der Waals surface area contributed by atoms with Crippen molar-refractivity contribution < 1.29 is 30.7 Å². The van der Waals surface area contributed by atoms with Crippen LogP contribution in [0.15, 0.2) is 45.7 Å². The summed E-state index contributed by atoms with van der Waals surface area (Å²) < 4.78 is 72.2. The van der Waals surface area contributed by atoms with Crippen LogP contribution in [-0.2, 0) is 16.6 Å². The molecule has 0 unspecified atom stereocenters. The molecule has 1 aromatic carbocycles. The minimum absolute atomic E-state index is 0.115. The monoisotopic (exact) mass is 349 g/mol. The fourth-order valence-corrected chi connectivity index (χ4v) is 3.16. The molecule has 0 saturated heterocycles. The summed E-state index contributed by atoms with van der Waals surface area (Å²) in [6.07, 6.45) is -4.98. The third-order valence-corrected chi connectivity index (χ3v) is 4.78. The van der Waals surface area contributed by atoms with E-state index in [2.05, 4.69) is 4.74 Å². The van der Waals surface area contributed by atoms with Crippen LogP contribution in [0, 0.1) is 6.92 Å². The summed E-state index contributed by atoms with van der Waals surface area (Å²) in [7, 11) is -2.94. The van der Waals surface area contributed by atoms with Crippen LogP contribution < -0.4 is 4.74 Å². The molecule has 0 spiro atoms. The highest BCUT2D eigenvalue weighted by Gasteiger charge is 2.35. The van der Waals surface area contributed by atoms with E-state index in [1.165, 1.54) is 19.2 Å². The summed E-state index contributed by atoms with van der Waals surface area (Å²) in [5.74, 6) is 0.205. The van der Waals surface area contributed by atoms with Crippen LogP contribution in [0.25, 0.3) is 0 Å². The van der Waals surface area contributed by atoms with Gasteiger partial charge < -0.3 is 9.15 Å². The Bertz CT molecular complexity index is 783. The first-order chi connectivity index (χ1) is 10.6. The Morgan fingerprint density at radius 3 is 2.39 bits per heavy atom. The molecule has 1 heterocycles. The van der Waals surface area contributed by atoms with Crippen molar-refractivity contribution in [3.63, 3.8) is 0 Å². The fourth-order valence-electron chi connectivity index (χ4n) is 1.91. The highest BCUT2D eigenvalue weighted by Crippen LogP contribution is 2.31. The van der Waals surface area contributed by atoms with Crippen LogP contribution in [0.4, 0.5) is 13.2 Å². The molecule has 0 atom stereocenters. The normalized spacial score (nSPS) is 12.6. The number of hydrogen-bond acceptors (Lipinski definition) is 4. The second-order valence-corrected chi connectivity index (χ2v) is 6.78. The van der Waals surface area contributed by atoms with Crippen LogP contribution >= 0.6 is 0 Å². The van der Waals surface area contributed by atoms with E-state index in [1.807, 2.05) is 0 Å². The molecule has 23 heavy (non-hydrogen) atoms. The number of hydrogen-bond donors (Lipinski definition) is 0. The smallest absolute Gasteiger partial charge is 0.465 e. The van der Waals surface area contributed by atoms with Gasteiger partial charge in [0.05, 0.1) is 6.54 Å². The molecule has 0 aliphatic heterocycles. The number of halogens is 3. The number of aryl methyl sites for hydroxylation is 1. The number of benzene rings is 1. The van der Waals surface area contributed by atoms with Gasteiger partial charge in [-0.25, -0.2) is 8.42 Å². The number of furan rings is 1. The molecule has 0 radical (unpaired) electrons. The average molecular weight is 349 g/mol. The van der Waals surface area contributed by atoms with Crippen LogP contribution in [0.1, 0.15) is 11.5 Å². The Hall–Kier alpha value is -2.00. The topological polar surface area (TPSA) is 59.8 Å². The van der Waals surface area contributed by atoms with Crippen LogP contribution in [0.3, 0.4) is 0 Å². The summed E-state index contributed by atoms with van der Waals surface area (Å²) in [5, 5.41) is 0. The highest BCUT2D eigenvalue weighted by molar-refractivity contribution is 7.89.